The van der Waals surface area contributed by atoms with Gasteiger partial charge in [-0.1, -0.05) is 32.0 Å². The Kier molecular flexibility index (Phi) is 5.48. The standard InChI is InChI=1S/C26H27FN4O2/c1-16(2)15-21-22-23(29-28-21)26(33)31(24(22)19-7-3-4-8-20(19)27)18-11-9-17(10-12-18)25(32)30-13-5-6-14-30/h3-4,7-12,16,24H,5-6,13-15H2,1-2H3,(H,28,29). The van der Waals surface area contributed by atoms with Crippen LogP contribution >= 0.6 is 0 Å². The molecule has 2 aliphatic rings. The van der Waals surface area contributed by atoms with Crippen LogP contribution in [0.3, 0.4) is 0 Å². The smallest absolute Gasteiger partial charge is 0.277 e. The van der Waals surface area contributed by atoms with E-state index in [1.807, 2.05) is 4.90 Å². The highest BCUT2D eigenvalue weighted by Gasteiger charge is 2.43. The highest BCUT2D eigenvalue weighted by Crippen LogP contribution is 2.43. The molecule has 2 amide bonds. The van der Waals surface area contributed by atoms with Gasteiger partial charge in [-0.25, -0.2) is 4.39 Å². The zero-order valence-electron chi connectivity index (χ0n) is 18.8. The zero-order chi connectivity index (χ0) is 23.1. The number of likely N-dealkylation sites (tertiary alicyclic amines) is 1. The number of halogens is 1. The summed E-state index contributed by atoms with van der Waals surface area (Å²) in [6.45, 7) is 5.73. The SMILES string of the molecule is CC(C)Cc1n[nH]c2c1C(c1ccccc1F)N(c1ccc(C(=O)N3CCCC3)cc1)C2=O. The summed E-state index contributed by atoms with van der Waals surface area (Å²) < 4.78 is 15.0. The number of fused-ring (bicyclic) bond motifs is 1. The van der Waals surface area contributed by atoms with Gasteiger partial charge in [-0.3, -0.25) is 19.6 Å². The van der Waals surface area contributed by atoms with Crippen LogP contribution in [0.4, 0.5) is 10.1 Å². The quantitative estimate of drug-likeness (QED) is 0.616. The van der Waals surface area contributed by atoms with E-state index < -0.39 is 6.04 Å². The lowest BCUT2D eigenvalue weighted by Crippen LogP contribution is -2.30. The third-order valence-electron chi connectivity index (χ3n) is 6.43. The van der Waals surface area contributed by atoms with E-state index in [-0.39, 0.29) is 17.6 Å². The molecule has 1 fully saturated rings. The molecular formula is C26H27FN4O2. The molecule has 33 heavy (non-hydrogen) atoms. The molecule has 1 N–H and O–H groups in total. The second-order valence-corrected chi connectivity index (χ2v) is 9.20. The van der Waals surface area contributed by atoms with E-state index in [1.54, 1.807) is 47.4 Å². The molecule has 7 heteroatoms. The molecule has 0 spiro atoms. The fourth-order valence-corrected chi connectivity index (χ4v) is 4.88. The molecular weight excluding hydrogens is 419 g/mol. The van der Waals surface area contributed by atoms with Crippen LogP contribution in [-0.4, -0.2) is 40.0 Å². The van der Waals surface area contributed by atoms with Crippen LogP contribution in [0.25, 0.3) is 0 Å². The van der Waals surface area contributed by atoms with Crippen LogP contribution < -0.4 is 4.90 Å². The van der Waals surface area contributed by atoms with Crippen LogP contribution in [0.15, 0.2) is 48.5 Å². The largest absolute Gasteiger partial charge is 0.339 e. The maximum absolute atomic E-state index is 15.0. The average Bonchev–Trinajstić information content (AvgIpc) is 3.53. The summed E-state index contributed by atoms with van der Waals surface area (Å²) in [5.41, 5.74) is 3.55. The maximum atomic E-state index is 15.0. The number of hydrogen-bond acceptors (Lipinski definition) is 3. The summed E-state index contributed by atoms with van der Waals surface area (Å²) >= 11 is 0. The number of anilines is 1. The average molecular weight is 447 g/mol. The van der Waals surface area contributed by atoms with Crippen molar-refractivity contribution in [2.24, 2.45) is 5.92 Å². The monoisotopic (exact) mass is 446 g/mol. The van der Waals surface area contributed by atoms with Crippen molar-refractivity contribution in [1.29, 1.82) is 0 Å². The number of hydrogen-bond donors (Lipinski definition) is 1. The fraction of sp³-hybridized carbons (Fsp3) is 0.346. The van der Waals surface area contributed by atoms with Gasteiger partial charge in [0.25, 0.3) is 11.8 Å². The molecule has 6 nitrogen and oxygen atoms in total. The molecule has 1 aromatic heterocycles. The van der Waals surface area contributed by atoms with Crippen LogP contribution in [0.5, 0.6) is 0 Å². The summed E-state index contributed by atoms with van der Waals surface area (Å²) in [7, 11) is 0. The number of nitrogens with zero attached hydrogens (tertiary/aromatic N) is 3. The van der Waals surface area contributed by atoms with E-state index in [9.17, 15) is 14.0 Å². The van der Waals surface area contributed by atoms with Gasteiger partial charge in [0.15, 0.2) is 0 Å². The molecule has 0 saturated carbocycles. The van der Waals surface area contributed by atoms with Gasteiger partial charge in [0.2, 0.25) is 0 Å². The van der Waals surface area contributed by atoms with E-state index >= 15 is 0 Å². The molecule has 170 valence electrons. The minimum absolute atomic E-state index is 0.00564. The number of H-pyrrole nitrogens is 1. The first kappa shape index (κ1) is 21.4. The number of aromatic amines is 1. The summed E-state index contributed by atoms with van der Waals surface area (Å²) in [6.07, 6.45) is 2.74. The summed E-state index contributed by atoms with van der Waals surface area (Å²) in [5, 5.41) is 7.30. The number of aromatic nitrogens is 2. The number of nitrogens with one attached hydrogen (secondary N) is 1. The van der Waals surface area contributed by atoms with Crippen molar-refractivity contribution in [2.45, 2.75) is 39.2 Å². The van der Waals surface area contributed by atoms with Gasteiger partial charge in [0.05, 0.1) is 11.7 Å². The fourth-order valence-electron chi connectivity index (χ4n) is 4.88. The Balaban J connectivity index is 1.56. The Hall–Kier alpha value is -3.48. The summed E-state index contributed by atoms with van der Waals surface area (Å²) in [6, 6.07) is 13.0. The Morgan fingerprint density at radius 3 is 2.48 bits per heavy atom. The topological polar surface area (TPSA) is 69.3 Å². The van der Waals surface area contributed by atoms with Crippen LogP contribution in [0, 0.1) is 11.7 Å². The van der Waals surface area contributed by atoms with E-state index in [0.717, 1.165) is 37.2 Å². The molecule has 0 bridgehead atoms. The van der Waals surface area contributed by atoms with Crippen molar-refractivity contribution in [2.75, 3.05) is 18.0 Å². The molecule has 3 heterocycles. The van der Waals surface area contributed by atoms with Crippen LogP contribution in [-0.2, 0) is 6.42 Å². The van der Waals surface area contributed by atoms with Crippen molar-refractivity contribution in [3.05, 3.63) is 82.4 Å². The maximum Gasteiger partial charge on any atom is 0.277 e. The van der Waals surface area contributed by atoms with Gasteiger partial charge in [0, 0.05) is 35.5 Å². The van der Waals surface area contributed by atoms with Crippen LogP contribution in [0.2, 0.25) is 0 Å². The molecule has 1 atom stereocenters. The van der Waals surface area contributed by atoms with Gasteiger partial charge in [-0.15, -0.1) is 0 Å². The minimum atomic E-state index is -0.624. The zero-order valence-corrected chi connectivity index (χ0v) is 18.8. The summed E-state index contributed by atoms with van der Waals surface area (Å²) in [4.78, 5) is 29.7. The molecule has 5 rings (SSSR count). The minimum Gasteiger partial charge on any atom is -0.339 e. The second-order valence-electron chi connectivity index (χ2n) is 9.20. The number of amides is 2. The van der Waals surface area contributed by atoms with Crippen molar-refractivity contribution in [3.8, 4) is 0 Å². The van der Waals surface area contributed by atoms with Gasteiger partial charge in [-0.05, 0) is 55.5 Å². The highest BCUT2D eigenvalue weighted by molar-refractivity contribution is 6.11. The second kappa shape index (κ2) is 8.46. The lowest BCUT2D eigenvalue weighted by atomic mass is 9.95. The van der Waals surface area contributed by atoms with Crippen molar-refractivity contribution in [3.63, 3.8) is 0 Å². The van der Waals surface area contributed by atoms with E-state index in [0.29, 0.717) is 34.8 Å². The molecule has 1 saturated heterocycles. The van der Waals surface area contributed by atoms with E-state index in [2.05, 4.69) is 24.0 Å². The lowest BCUT2D eigenvalue weighted by Gasteiger charge is -2.27. The van der Waals surface area contributed by atoms with E-state index in [1.165, 1.54) is 6.07 Å². The highest BCUT2D eigenvalue weighted by atomic mass is 19.1. The molecule has 2 aliphatic heterocycles. The van der Waals surface area contributed by atoms with Gasteiger partial charge in [0.1, 0.15) is 11.5 Å². The predicted molar refractivity (Wildman–Crippen MR) is 124 cm³/mol. The first-order chi connectivity index (χ1) is 16.0. The molecule has 2 aromatic carbocycles. The normalized spacial score (nSPS) is 17.8. The first-order valence-electron chi connectivity index (χ1n) is 11.5. The first-order valence-corrected chi connectivity index (χ1v) is 11.5. The van der Waals surface area contributed by atoms with Crippen LogP contribution in [0.1, 0.15) is 70.4 Å². The number of rotatable bonds is 5. The van der Waals surface area contributed by atoms with Crippen molar-refractivity contribution < 1.29 is 14.0 Å². The van der Waals surface area contributed by atoms with Gasteiger partial charge < -0.3 is 4.90 Å². The lowest BCUT2D eigenvalue weighted by molar-refractivity contribution is 0.0792. The predicted octanol–water partition coefficient (Wildman–Crippen LogP) is 4.73. The van der Waals surface area contributed by atoms with E-state index in [4.69, 9.17) is 0 Å². The van der Waals surface area contributed by atoms with Gasteiger partial charge >= 0.3 is 0 Å². The number of carbonyl (C=O) groups excluding carboxylic acids is 2. The Morgan fingerprint density at radius 2 is 1.82 bits per heavy atom. The van der Waals surface area contributed by atoms with Crippen molar-refractivity contribution in [1.82, 2.24) is 15.1 Å². The Morgan fingerprint density at radius 1 is 1.12 bits per heavy atom. The third-order valence-corrected chi connectivity index (χ3v) is 6.43. The van der Waals surface area contributed by atoms with Gasteiger partial charge in [-0.2, -0.15) is 5.10 Å². The molecule has 0 radical (unpaired) electrons. The Labute approximate surface area is 192 Å². The number of benzene rings is 2. The van der Waals surface area contributed by atoms with Crippen molar-refractivity contribution >= 4 is 17.5 Å². The number of carbonyl (C=O) groups is 2. The molecule has 1 unspecified atom stereocenters. The summed E-state index contributed by atoms with van der Waals surface area (Å²) in [5.74, 6) is -0.283. The third kappa shape index (κ3) is 3.71. The molecule has 0 aliphatic carbocycles. The Bertz CT molecular complexity index is 1200. The molecule has 3 aromatic rings.